The van der Waals surface area contributed by atoms with Crippen molar-refractivity contribution >= 4 is 28.8 Å². The second-order valence-corrected chi connectivity index (χ2v) is 5.59. The van der Waals surface area contributed by atoms with E-state index in [4.69, 9.17) is 0 Å². The lowest BCUT2D eigenvalue weighted by Crippen LogP contribution is -2.43. The Labute approximate surface area is 130 Å². The van der Waals surface area contributed by atoms with Gasteiger partial charge in [0.05, 0.1) is 5.22 Å². The lowest BCUT2D eigenvalue weighted by Gasteiger charge is -2.08. The van der Waals surface area contributed by atoms with Gasteiger partial charge >= 0.3 is 0 Å². The monoisotopic (exact) mass is 306 g/mol. The molecular formula is C18H14N2O3. The number of aromatic amines is 2. The Morgan fingerprint density at radius 1 is 1.17 bits per heavy atom. The summed E-state index contributed by atoms with van der Waals surface area (Å²) in [6.45, 7) is 0. The molecule has 3 aromatic rings. The number of aromatic nitrogens is 2. The smallest absolute Gasteiger partial charge is 0.261 e. The maximum absolute atomic E-state index is 11.9. The average molecular weight is 306 g/mol. The Morgan fingerprint density at radius 3 is 2.87 bits per heavy atom. The van der Waals surface area contributed by atoms with Crippen LogP contribution in [0.5, 0.6) is 5.88 Å². The fourth-order valence-corrected chi connectivity index (χ4v) is 3.02. The van der Waals surface area contributed by atoms with E-state index in [0.717, 1.165) is 22.0 Å². The summed E-state index contributed by atoms with van der Waals surface area (Å²) in [5, 5.41) is 21.6. The first-order valence-electron chi connectivity index (χ1n) is 7.25. The molecule has 5 nitrogen and oxygen atoms in total. The number of rotatable bonds is 1. The fourth-order valence-electron chi connectivity index (χ4n) is 3.02. The zero-order chi connectivity index (χ0) is 16.0. The quantitative estimate of drug-likeness (QED) is 0.549. The second-order valence-electron chi connectivity index (χ2n) is 5.59. The Bertz CT molecular complexity index is 1130. The number of benzene rings is 1. The van der Waals surface area contributed by atoms with E-state index in [9.17, 15) is 15.0 Å². The van der Waals surface area contributed by atoms with Gasteiger partial charge in [-0.25, -0.2) is 0 Å². The number of aliphatic hydroxyl groups excluding tert-OH is 1. The molecule has 2 heterocycles. The minimum atomic E-state index is -0.486. The van der Waals surface area contributed by atoms with E-state index < -0.39 is 5.56 Å². The van der Waals surface area contributed by atoms with Crippen LogP contribution in [0.2, 0.25) is 0 Å². The zero-order valence-corrected chi connectivity index (χ0v) is 12.1. The van der Waals surface area contributed by atoms with Crippen LogP contribution in [-0.2, 0) is 0 Å². The number of hydrogen-bond donors (Lipinski definition) is 4. The maximum atomic E-state index is 11.9. The van der Waals surface area contributed by atoms with Gasteiger partial charge in [0.1, 0.15) is 5.76 Å². The number of aliphatic hydroxyl groups is 1. The van der Waals surface area contributed by atoms with Crippen molar-refractivity contribution in [3.05, 3.63) is 68.5 Å². The van der Waals surface area contributed by atoms with Crippen molar-refractivity contribution < 1.29 is 10.2 Å². The Kier molecular flexibility index (Phi) is 2.87. The highest BCUT2D eigenvalue weighted by Crippen LogP contribution is 2.23. The highest BCUT2D eigenvalue weighted by atomic mass is 16.3. The van der Waals surface area contributed by atoms with Crippen molar-refractivity contribution in [1.82, 2.24) is 9.97 Å². The van der Waals surface area contributed by atoms with E-state index >= 15 is 0 Å². The first kappa shape index (κ1) is 13.5. The van der Waals surface area contributed by atoms with Crippen molar-refractivity contribution in [2.45, 2.75) is 6.42 Å². The van der Waals surface area contributed by atoms with Crippen LogP contribution in [0.25, 0.3) is 28.8 Å². The van der Waals surface area contributed by atoms with Gasteiger partial charge in [0.25, 0.3) is 5.56 Å². The summed E-state index contributed by atoms with van der Waals surface area (Å²) in [6.07, 6.45) is 5.97. The molecule has 1 aliphatic carbocycles. The summed E-state index contributed by atoms with van der Waals surface area (Å²) < 4.78 is 0. The van der Waals surface area contributed by atoms with Crippen molar-refractivity contribution in [3.8, 4) is 5.88 Å². The molecule has 1 aromatic carbocycles. The maximum Gasteiger partial charge on any atom is 0.261 e. The van der Waals surface area contributed by atoms with Crippen molar-refractivity contribution in [1.29, 1.82) is 0 Å². The number of pyridine rings is 1. The van der Waals surface area contributed by atoms with E-state index in [1.165, 1.54) is 6.07 Å². The Morgan fingerprint density at radius 2 is 2.00 bits per heavy atom. The van der Waals surface area contributed by atoms with Crippen LogP contribution >= 0.6 is 0 Å². The van der Waals surface area contributed by atoms with Crippen LogP contribution in [0, 0.1) is 0 Å². The van der Waals surface area contributed by atoms with Gasteiger partial charge in [-0.05, 0) is 22.9 Å². The molecule has 0 saturated heterocycles. The third-order valence-corrected chi connectivity index (χ3v) is 4.01. The Hall–Kier alpha value is -3.21. The van der Waals surface area contributed by atoms with Gasteiger partial charge in [-0.3, -0.25) is 9.78 Å². The summed E-state index contributed by atoms with van der Waals surface area (Å²) in [7, 11) is 0. The number of hydrogen-bond acceptors (Lipinski definition) is 3. The predicted octanol–water partition coefficient (Wildman–Crippen LogP) is 1.50. The van der Waals surface area contributed by atoms with Gasteiger partial charge < -0.3 is 15.2 Å². The fraction of sp³-hybridized carbons (Fsp3) is 0.0556. The van der Waals surface area contributed by atoms with E-state index in [0.29, 0.717) is 5.22 Å². The SMILES string of the molecule is O=c1[nH]c(O)cc2c1=C(O)CC(=Cc1c[nH]c3ccccc13)C=2. The molecule has 1 aliphatic rings. The van der Waals surface area contributed by atoms with Crippen LogP contribution in [-0.4, -0.2) is 20.2 Å². The molecule has 4 N–H and O–H groups in total. The first-order valence-corrected chi connectivity index (χ1v) is 7.25. The van der Waals surface area contributed by atoms with Crippen LogP contribution in [0.1, 0.15) is 12.0 Å². The number of H-pyrrole nitrogens is 2. The standard InChI is InChI=1S/C18H14N2O3/c21-15-7-10(5-11-8-16(22)20-18(23)17(11)15)6-12-9-19-14-4-2-1-3-13(12)14/h1-6,8-9,19,21-22H,7H2,(H,20,23). The molecular weight excluding hydrogens is 292 g/mol. The first-order chi connectivity index (χ1) is 11.1. The van der Waals surface area contributed by atoms with Crippen molar-refractivity contribution in [3.63, 3.8) is 0 Å². The van der Waals surface area contributed by atoms with Crippen LogP contribution in [0.4, 0.5) is 0 Å². The normalized spacial score (nSPS) is 15.7. The largest absolute Gasteiger partial charge is 0.511 e. The van der Waals surface area contributed by atoms with Crippen LogP contribution in [0.3, 0.4) is 0 Å². The molecule has 2 aromatic heterocycles. The minimum absolute atomic E-state index is 0.00911. The van der Waals surface area contributed by atoms with E-state index in [-0.39, 0.29) is 23.3 Å². The molecule has 0 saturated carbocycles. The molecule has 0 atom stereocenters. The minimum Gasteiger partial charge on any atom is -0.511 e. The number of aromatic hydroxyl groups is 1. The number of fused-ring (bicyclic) bond motifs is 2. The topological polar surface area (TPSA) is 89.1 Å². The van der Waals surface area contributed by atoms with Gasteiger partial charge in [-0.15, -0.1) is 0 Å². The molecule has 0 aliphatic heterocycles. The molecule has 5 heteroatoms. The molecule has 4 rings (SSSR count). The molecule has 114 valence electrons. The molecule has 0 spiro atoms. The van der Waals surface area contributed by atoms with E-state index in [2.05, 4.69) is 9.97 Å². The molecule has 0 bridgehead atoms. The van der Waals surface area contributed by atoms with Gasteiger partial charge in [0, 0.05) is 35.2 Å². The average Bonchev–Trinajstić information content (AvgIpc) is 2.89. The van der Waals surface area contributed by atoms with Gasteiger partial charge in [0.2, 0.25) is 0 Å². The molecule has 0 amide bonds. The van der Waals surface area contributed by atoms with Crippen LogP contribution < -0.4 is 16.0 Å². The molecule has 0 unspecified atom stereocenters. The summed E-state index contributed by atoms with van der Waals surface area (Å²) in [5.74, 6) is -0.207. The molecule has 23 heavy (non-hydrogen) atoms. The molecule has 0 radical (unpaired) electrons. The summed E-state index contributed by atoms with van der Waals surface area (Å²) in [6, 6.07) is 9.40. The lowest BCUT2D eigenvalue weighted by atomic mass is 10.00. The van der Waals surface area contributed by atoms with Gasteiger partial charge in [-0.2, -0.15) is 0 Å². The third-order valence-electron chi connectivity index (χ3n) is 4.01. The van der Waals surface area contributed by atoms with Crippen LogP contribution in [0.15, 0.2) is 46.9 Å². The molecule has 0 fully saturated rings. The second kappa shape index (κ2) is 4.91. The van der Waals surface area contributed by atoms with E-state index in [1.54, 1.807) is 0 Å². The van der Waals surface area contributed by atoms with E-state index in [1.807, 2.05) is 42.6 Å². The number of para-hydroxylation sites is 1. The highest BCUT2D eigenvalue weighted by Gasteiger charge is 2.12. The number of nitrogens with one attached hydrogen (secondary N) is 2. The summed E-state index contributed by atoms with van der Waals surface area (Å²) in [5.41, 5.74) is 2.43. The predicted molar refractivity (Wildman–Crippen MR) is 89.4 cm³/mol. The van der Waals surface area contributed by atoms with Crippen molar-refractivity contribution in [2.24, 2.45) is 0 Å². The zero-order valence-electron chi connectivity index (χ0n) is 12.1. The highest BCUT2D eigenvalue weighted by molar-refractivity contribution is 5.90. The summed E-state index contributed by atoms with van der Waals surface area (Å²) in [4.78, 5) is 17.3. The Balaban J connectivity index is 1.92. The van der Waals surface area contributed by atoms with Gasteiger partial charge in [0.15, 0.2) is 5.88 Å². The van der Waals surface area contributed by atoms with Gasteiger partial charge in [-0.1, -0.05) is 24.3 Å². The lowest BCUT2D eigenvalue weighted by molar-refractivity contribution is 0.449. The van der Waals surface area contributed by atoms with Crippen molar-refractivity contribution in [2.75, 3.05) is 0 Å². The summed E-state index contributed by atoms with van der Waals surface area (Å²) >= 11 is 0. The third kappa shape index (κ3) is 2.23.